The zero-order chi connectivity index (χ0) is 18.7. The Hall–Kier alpha value is -2.77. The highest BCUT2D eigenvalue weighted by molar-refractivity contribution is 6.39. The van der Waals surface area contributed by atoms with Gasteiger partial charge >= 0.3 is 0 Å². The average Bonchev–Trinajstić information content (AvgIpc) is 2.62. The van der Waals surface area contributed by atoms with E-state index in [-0.39, 0.29) is 11.5 Å². The van der Waals surface area contributed by atoms with E-state index in [4.69, 9.17) is 23.2 Å². The number of anilines is 3. The van der Waals surface area contributed by atoms with Crippen LogP contribution >= 0.6 is 23.2 Å². The van der Waals surface area contributed by atoms with Crippen molar-refractivity contribution >= 4 is 46.4 Å². The summed E-state index contributed by atoms with van der Waals surface area (Å²) in [7, 11) is 0. The number of hydrogen-bond acceptors (Lipinski definition) is 4. The Morgan fingerprint density at radius 2 is 1.42 bits per heavy atom. The summed E-state index contributed by atoms with van der Waals surface area (Å²) in [5.41, 5.74) is -0.104. The predicted molar refractivity (Wildman–Crippen MR) is 96.1 cm³/mol. The predicted octanol–water partition coefficient (Wildman–Crippen LogP) is 5.06. The number of amides is 1. The molecule has 0 aliphatic carbocycles. The number of carbonyl (C=O) groups excluding carboxylic acids is 1. The largest absolute Gasteiger partial charge is 0.322 e. The lowest BCUT2D eigenvalue weighted by Gasteiger charge is -2.10. The van der Waals surface area contributed by atoms with Crippen LogP contribution in [0, 0.1) is 11.6 Å². The molecule has 26 heavy (non-hydrogen) atoms. The summed E-state index contributed by atoms with van der Waals surface area (Å²) in [5.74, 6) is -2.37. The van der Waals surface area contributed by atoms with Gasteiger partial charge in [0.25, 0.3) is 5.91 Å². The molecule has 1 heterocycles. The van der Waals surface area contributed by atoms with E-state index in [0.717, 1.165) is 12.1 Å². The van der Waals surface area contributed by atoms with E-state index in [1.165, 1.54) is 18.5 Å². The third kappa shape index (κ3) is 3.89. The second-order valence-electron chi connectivity index (χ2n) is 5.07. The van der Waals surface area contributed by atoms with Crippen molar-refractivity contribution in [1.82, 2.24) is 9.97 Å². The zero-order valence-electron chi connectivity index (χ0n) is 12.9. The Morgan fingerprint density at radius 1 is 0.885 bits per heavy atom. The molecule has 0 aliphatic heterocycles. The molecule has 3 rings (SSSR count). The topological polar surface area (TPSA) is 66.9 Å². The molecule has 0 bridgehead atoms. The molecule has 3 aromatic rings. The van der Waals surface area contributed by atoms with Gasteiger partial charge in [0, 0.05) is 12.4 Å². The lowest BCUT2D eigenvalue weighted by molar-refractivity contribution is 0.102. The average molecular weight is 395 g/mol. The molecule has 0 spiro atoms. The van der Waals surface area contributed by atoms with Crippen LogP contribution in [0.2, 0.25) is 10.0 Å². The molecule has 2 N–H and O–H groups in total. The van der Waals surface area contributed by atoms with Gasteiger partial charge in [0.1, 0.15) is 17.3 Å². The van der Waals surface area contributed by atoms with Crippen molar-refractivity contribution in [3.05, 3.63) is 76.0 Å². The fourth-order valence-electron chi connectivity index (χ4n) is 2.04. The molecule has 132 valence electrons. The van der Waals surface area contributed by atoms with Gasteiger partial charge in [-0.25, -0.2) is 18.7 Å². The Bertz CT molecular complexity index is 927. The van der Waals surface area contributed by atoms with E-state index in [1.807, 2.05) is 0 Å². The first kappa shape index (κ1) is 18.0. The molecule has 0 saturated heterocycles. The Labute approximate surface area is 157 Å². The first-order chi connectivity index (χ1) is 12.5. The van der Waals surface area contributed by atoms with Crippen LogP contribution in [0.15, 0.2) is 48.8 Å². The fraction of sp³-hybridized carbons (Fsp3) is 0. The van der Waals surface area contributed by atoms with Crippen molar-refractivity contribution < 1.29 is 13.6 Å². The quantitative estimate of drug-likeness (QED) is 0.648. The molecule has 0 atom stereocenters. The lowest BCUT2D eigenvalue weighted by Crippen LogP contribution is -2.15. The number of benzene rings is 2. The minimum absolute atomic E-state index is 0.0171. The monoisotopic (exact) mass is 394 g/mol. The maximum atomic E-state index is 13.6. The summed E-state index contributed by atoms with van der Waals surface area (Å²) in [5, 5.41) is 5.73. The van der Waals surface area contributed by atoms with Crippen molar-refractivity contribution in [1.29, 1.82) is 0 Å². The molecule has 0 fully saturated rings. The van der Waals surface area contributed by atoms with Crippen molar-refractivity contribution in [2.75, 3.05) is 10.6 Å². The van der Waals surface area contributed by atoms with Crippen LogP contribution in [-0.4, -0.2) is 15.9 Å². The van der Waals surface area contributed by atoms with E-state index in [9.17, 15) is 13.6 Å². The second kappa shape index (κ2) is 7.63. The molecule has 9 heteroatoms. The standard InChI is InChI=1S/C17H10Cl2F2N4O/c18-10-3-1-4-11(19)14(10)25-17-22-7-9(8-23-17)16(26)24-15-12(20)5-2-6-13(15)21/h1-8H,(H,24,26)(H,22,23,25). The van der Waals surface area contributed by atoms with E-state index < -0.39 is 23.2 Å². The molecule has 5 nitrogen and oxygen atoms in total. The van der Waals surface area contributed by atoms with Crippen LogP contribution in [0.1, 0.15) is 10.4 Å². The van der Waals surface area contributed by atoms with E-state index >= 15 is 0 Å². The number of rotatable bonds is 4. The molecule has 0 radical (unpaired) electrons. The van der Waals surface area contributed by atoms with Crippen LogP contribution < -0.4 is 10.6 Å². The number of aromatic nitrogens is 2. The number of carbonyl (C=O) groups is 1. The Kier molecular flexibility index (Phi) is 5.29. The van der Waals surface area contributed by atoms with Gasteiger partial charge in [-0.15, -0.1) is 0 Å². The number of hydrogen-bond donors (Lipinski definition) is 2. The third-order valence-electron chi connectivity index (χ3n) is 3.31. The number of nitrogens with one attached hydrogen (secondary N) is 2. The minimum Gasteiger partial charge on any atom is -0.322 e. The van der Waals surface area contributed by atoms with E-state index in [2.05, 4.69) is 20.6 Å². The molecule has 1 amide bonds. The third-order valence-corrected chi connectivity index (χ3v) is 3.94. The first-order valence-corrected chi connectivity index (χ1v) is 7.99. The number of halogens is 4. The van der Waals surface area contributed by atoms with Gasteiger partial charge in [-0.1, -0.05) is 35.3 Å². The highest BCUT2D eigenvalue weighted by Crippen LogP contribution is 2.31. The summed E-state index contributed by atoms with van der Waals surface area (Å²) < 4.78 is 27.2. The summed E-state index contributed by atoms with van der Waals surface area (Å²) >= 11 is 12.1. The maximum absolute atomic E-state index is 13.6. The van der Waals surface area contributed by atoms with Crippen molar-refractivity contribution in [2.24, 2.45) is 0 Å². The molecule has 1 aromatic heterocycles. The number of nitrogens with zero attached hydrogens (tertiary/aromatic N) is 2. The second-order valence-corrected chi connectivity index (χ2v) is 5.88. The van der Waals surface area contributed by atoms with Gasteiger partial charge in [0.2, 0.25) is 5.95 Å². The van der Waals surface area contributed by atoms with Gasteiger partial charge in [-0.3, -0.25) is 4.79 Å². The summed E-state index contributed by atoms with van der Waals surface area (Å²) in [6, 6.07) is 8.24. The zero-order valence-corrected chi connectivity index (χ0v) is 14.4. The number of para-hydroxylation sites is 2. The van der Waals surface area contributed by atoms with E-state index in [0.29, 0.717) is 15.7 Å². The summed E-state index contributed by atoms with van der Waals surface area (Å²) in [6.07, 6.45) is 2.41. The van der Waals surface area contributed by atoms with Gasteiger partial charge in [-0.05, 0) is 24.3 Å². The van der Waals surface area contributed by atoms with Crippen LogP contribution in [0.3, 0.4) is 0 Å². The summed E-state index contributed by atoms with van der Waals surface area (Å²) in [6.45, 7) is 0. The van der Waals surface area contributed by atoms with Gasteiger partial charge < -0.3 is 10.6 Å². The highest BCUT2D eigenvalue weighted by Gasteiger charge is 2.14. The van der Waals surface area contributed by atoms with E-state index in [1.54, 1.807) is 18.2 Å². The lowest BCUT2D eigenvalue weighted by atomic mass is 10.2. The SMILES string of the molecule is O=C(Nc1c(F)cccc1F)c1cnc(Nc2c(Cl)cccc2Cl)nc1. The maximum Gasteiger partial charge on any atom is 0.258 e. The normalized spacial score (nSPS) is 10.5. The van der Waals surface area contributed by atoms with Crippen LogP contribution in [-0.2, 0) is 0 Å². The van der Waals surface area contributed by atoms with Crippen LogP contribution in [0.4, 0.5) is 26.1 Å². The Morgan fingerprint density at radius 3 is 2.00 bits per heavy atom. The molecule has 2 aromatic carbocycles. The molecule has 0 aliphatic rings. The van der Waals surface area contributed by atoms with Crippen LogP contribution in [0.25, 0.3) is 0 Å². The molecule has 0 saturated carbocycles. The van der Waals surface area contributed by atoms with Crippen molar-refractivity contribution in [3.8, 4) is 0 Å². The smallest absolute Gasteiger partial charge is 0.258 e. The fourth-order valence-corrected chi connectivity index (χ4v) is 2.53. The summed E-state index contributed by atoms with van der Waals surface area (Å²) in [4.78, 5) is 20.1. The highest BCUT2D eigenvalue weighted by atomic mass is 35.5. The minimum atomic E-state index is -0.883. The molecule has 0 unspecified atom stereocenters. The Balaban J connectivity index is 1.76. The van der Waals surface area contributed by atoms with Crippen LogP contribution in [0.5, 0.6) is 0 Å². The van der Waals surface area contributed by atoms with Crippen molar-refractivity contribution in [2.45, 2.75) is 0 Å². The molecular formula is C17H10Cl2F2N4O. The van der Waals surface area contributed by atoms with Gasteiger partial charge in [-0.2, -0.15) is 0 Å². The first-order valence-electron chi connectivity index (χ1n) is 7.24. The van der Waals surface area contributed by atoms with Gasteiger partial charge in [0.05, 0.1) is 21.3 Å². The van der Waals surface area contributed by atoms with Gasteiger partial charge in [0.15, 0.2) is 0 Å². The molecular weight excluding hydrogens is 385 g/mol. The van der Waals surface area contributed by atoms with Crippen molar-refractivity contribution in [3.63, 3.8) is 0 Å².